The van der Waals surface area contributed by atoms with Crippen LogP contribution in [0.5, 0.6) is 0 Å². The van der Waals surface area contributed by atoms with Crippen molar-refractivity contribution in [2.75, 3.05) is 19.6 Å². The molecule has 0 saturated carbocycles. The number of carbonyl (C=O) groups excluding carboxylic acids is 2. The Morgan fingerprint density at radius 1 is 1.13 bits per heavy atom. The molecule has 2 saturated heterocycles. The molecule has 0 aliphatic carbocycles. The van der Waals surface area contributed by atoms with Crippen molar-refractivity contribution in [3.63, 3.8) is 0 Å². The zero-order chi connectivity index (χ0) is 22.0. The van der Waals surface area contributed by atoms with Gasteiger partial charge >= 0.3 is 0 Å². The molecule has 31 heavy (non-hydrogen) atoms. The van der Waals surface area contributed by atoms with E-state index < -0.39 is 0 Å². The first-order chi connectivity index (χ1) is 14.9. The highest BCUT2D eigenvalue weighted by atomic mass is 16.2. The monoisotopic (exact) mass is 422 g/mol. The molecule has 166 valence electrons. The third-order valence-corrected chi connectivity index (χ3v) is 7.29. The van der Waals surface area contributed by atoms with Crippen LogP contribution in [-0.2, 0) is 18.4 Å². The molecule has 1 aromatic carbocycles. The van der Waals surface area contributed by atoms with Crippen molar-refractivity contribution in [3.05, 3.63) is 53.3 Å². The van der Waals surface area contributed by atoms with E-state index in [-0.39, 0.29) is 11.3 Å². The van der Waals surface area contributed by atoms with Crippen LogP contribution in [0.15, 0.2) is 36.5 Å². The molecule has 2 fully saturated rings. The summed E-state index contributed by atoms with van der Waals surface area (Å²) in [4.78, 5) is 30.7. The number of piperidine rings is 1. The zero-order valence-electron chi connectivity index (χ0n) is 19.0. The molecule has 3 heterocycles. The third-order valence-electron chi connectivity index (χ3n) is 7.29. The van der Waals surface area contributed by atoms with E-state index >= 15 is 0 Å². The smallest absolute Gasteiger partial charge is 0.257 e. The average molecular weight is 423 g/mol. The molecule has 6 nitrogen and oxygen atoms in total. The molecule has 1 aromatic heterocycles. The number of aryl methyl sites for hydroxylation is 2. The summed E-state index contributed by atoms with van der Waals surface area (Å²) in [6.07, 6.45) is 6.66. The standard InChI is InChI=1S/C25H34N4O2/c1-19-22(18-27(3)26-19)23(30)28-15-11-21(12-16-28)25(2)13-7-8-14-29(24(25)31)17-20-9-5-4-6-10-20/h4-6,9-10,18,21H,7-8,11-17H2,1-3H3. The van der Waals surface area contributed by atoms with Gasteiger partial charge in [0.25, 0.3) is 5.91 Å². The minimum Gasteiger partial charge on any atom is -0.339 e. The van der Waals surface area contributed by atoms with E-state index in [0.29, 0.717) is 37.0 Å². The molecule has 2 amide bonds. The fourth-order valence-electron chi connectivity index (χ4n) is 5.40. The van der Waals surface area contributed by atoms with Crippen LogP contribution < -0.4 is 0 Å². The molecule has 1 atom stereocenters. The van der Waals surface area contributed by atoms with Crippen LogP contribution >= 0.6 is 0 Å². The third kappa shape index (κ3) is 4.39. The number of rotatable bonds is 4. The van der Waals surface area contributed by atoms with Crippen LogP contribution in [0, 0.1) is 18.3 Å². The second-order valence-electron chi connectivity index (χ2n) is 9.46. The fourth-order valence-corrected chi connectivity index (χ4v) is 5.40. The van der Waals surface area contributed by atoms with Crippen molar-refractivity contribution >= 4 is 11.8 Å². The summed E-state index contributed by atoms with van der Waals surface area (Å²) in [5.74, 6) is 0.671. The Bertz CT molecular complexity index is 930. The molecule has 4 rings (SSSR count). The summed E-state index contributed by atoms with van der Waals surface area (Å²) >= 11 is 0. The van der Waals surface area contributed by atoms with Gasteiger partial charge in [0, 0.05) is 44.8 Å². The van der Waals surface area contributed by atoms with Gasteiger partial charge in [0.15, 0.2) is 0 Å². The maximum atomic E-state index is 13.7. The molecule has 1 unspecified atom stereocenters. The van der Waals surface area contributed by atoms with Crippen LogP contribution in [0.25, 0.3) is 0 Å². The number of amides is 2. The summed E-state index contributed by atoms with van der Waals surface area (Å²) in [7, 11) is 1.84. The van der Waals surface area contributed by atoms with Crippen molar-refractivity contribution in [2.24, 2.45) is 18.4 Å². The van der Waals surface area contributed by atoms with Crippen LogP contribution in [0.2, 0.25) is 0 Å². The van der Waals surface area contributed by atoms with Crippen molar-refractivity contribution in [3.8, 4) is 0 Å². The van der Waals surface area contributed by atoms with E-state index in [0.717, 1.165) is 44.3 Å². The van der Waals surface area contributed by atoms with Gasteiger partial charge in [-0.15, -0.1) is 0 Å². The predicted molar refractivity (Wildman–Crippen MR) is 120 cm³/mol. The summed E-state index contributed by atoms with van der Waals surface area (Å²) in [6.45, 7) is 6.99. The van der Waals surface area contributed by atoms with E-state index in [2.05, 4.69) is 29.1 Å². The Labute approximate surface area is 185 Å². The number of benzene rings is 1. The van der Waals surface area contributed by atoms with Gasteiger partial charge in [-0.1, -0.05) is 43.7 Å². The second kappa shape index (κ2) is 8.85. The summed E-state index contributed by atoms with van der Waals surface area (Å²) in [5.41, 5.74) is 2.31. The number of aromatic nitrogens is 2. The largest absolute Gasteiger partial charge is 0.339 e. The SMILES string of the molecule is Cc1nn(C)cc1C(=O)N1CCC(C2(C)CCCCN(Cc3ccccc3)C2=O)CC1. The number of hydrogen-bond acceptors (Lipinski definition) is 3. The lowest BCUT2D eigenvalue weighted by molar-refractivity contribution is -0.145. The molecule has 2 aliphatic heterocycles. The van der Waals surface area contributed by atoms with Gasteiger partial charge in [0.05, 0.1) is 11.3 Å². The summed E-state index contributed by atoms with van der Waals surface area (Å²) < 4.78 is 1.70. The highest BCUT2D eigenvalue weighted by Gasteiger charge is 2.45. The molecular weight excluding hydrogens is 388 g/mol. The molecule has 0 radical (unpaired) electrons. The van der Waals surface area contributed by atoms with Crippen molar-refractivity contribution in [1.82, 2.24) is 19.6 Å². The Hall–Kier alpha value is -2.63. The lowest BCUT2D eigenvalue weighted by Crippen LogP contribution is -2.49. The van der Waals surface area contributed by atoms with E-state index in [1.807, 2.05) is 37.1 Å². The average Bonchev–Trinajstić information content (AvgIpc) is 3.05. The van der Waals surface area contributed by atoms with Crippen LogP contribution in [0.4, 0.5) is 0 Å². The van der Waals surface area contributed by atoms with Gasteiger partial charge in [0.2, 0.25) is 5.91 Å². The lowest BCUT2D eigenvalue weighted by Gasteiger charge is -2.43. The molecule has 0 bridgehead atoms. The minimum absolute atomic E-state index is 0.0621. The highest BCUT2D eigenvalue weighted by molar-refractivity contribution is 5.95. The zero-order valence-corrected chi connectivity index (χ0v) is 19.0. The van der Waals surface area contributed by atoms with Crippen LogP contribution in [0.1, 0.15) is 60.6 Å². The fraction of sp³-hybridized carbons (Fsp3) is 0.560. The number of hydrogen-bond donors (Lipinski definition) is 0. The van der Waals surface area contributed by atoms with Gasteiger partial charge in [-0.25, -0.2) is 0 Å². The van der Waals surface area contributed by atoms with E-state index in [1.54, 1.807) is 10.9 Å². The van der Waals surface area contributed by atoms with Crippen molar-refractivity contribution in [1.29, 1.82) is 0 Å². The Kier molecular flexibility index (Phi) is 6.17. The van der Waals surface area contributed by atoms with E-state index in [4.69, 9.17) is 0 Å². The topological polar surface area (TPSA) is 58.4 Å². The van der Waals surface area contributed by atoms with Gasteiger partial charge in [0.1, 0.15) is 0 Å². The molecule has 2 aliphatic rings. The normalized spacial score (nSPS) is 23.1. The summed E-state index contributed by atoms with van der Waals surface area (Å²) in [5, 5.41) is 4.31. The van der Waals surface area contributed by atoms with Crippen LogP contribution in [0.3, 0.4) is 0 Å². The lowest BCUT2D eigenvalue weighted by atomic mass is 9.69. The molecule has 2 aromatic rings. The minimum atomic E-state index is -0.343. The van der Waals surface area contributed by atoms with Crippen LogP contribution in [-0.4, -0.2) is 51.0 Å². The van der Waals surface area contributed by atoms with E-state index in [9.17, 15) is 9.59 Å². The van der Waals surface area contributed by atoms with Crippen molar-refractivity contribution in [2.45, 2.75) is 52.5 Å². The van der Waals surface area contributed by atoms with Crippen molar-refractivity contribution < 1.29 is 9.59 Å². The first-order valence-corrected chi connectivity index (χ1v) is 11.5. The van der Waals surface area contributed by atoms with Gasteiger partial charge in [-0.2, -0.15) is 5.10 Å². The molecule has 6 heteroatoms. The maximum Gasteiger partial charge on any atom is 0.257 e. The highest BCUT2D eigenvalue weighted by Crippen LogP contribution is 2.43. The molecule has 0 spiro atoms. The first-order valence-electron chi connectivity index (χ1n) is 11.5. The molecule has 0 N–H and O–H groups in total. The van der Waals surface area contributed by atoms with E-state index in [1.165, 1.54) is 5.56 Å². The molecular formula is C25H34N4O2. The first kappa shape index (κ1) is 21.6. The Morgan fingerprint density at radius 2 is 1.84 bits per heavy atom. The van der Waals surface area contributed by atoms with Gasteiger partial charge in [-0.3, -0.25) is 14.3 Å². The van der Waals surface area contributed by atoms with Gasteiger partial charge < -0.3 is 9.80 Å². The number of nitrogens with zero attached hydrogens (tertiary/aromatic N) is 4. The predicted octanol–water partition coefficient (Wildman–Crippen LogP) is 3.80. The Morgan fingerprint density at radius 3 is 2.48 bits per heavy atom. The summed E-state index contributed by atoms with van der Waals surface area (Å²) in [6, 6.07) is 10.3. The number of likely N-dealkylation sites (tertiary alicyclic amines) is 2. The quantitative estimate of drug-likeness (QED) is 0.753. The Balaban J connectivity index is 1.44. The second-order valence-corrected chi connectivity index (χ2v) is 9.46. The van der Waals surface area contributed by atoms with Gasteiger partial charge in [-0.05, 0) is 44.1 Å². The maximum absolute atomic E-state index is 13.7. The number of carbonyl (C=O) groups is 2.